The molecule has 7 N–H and O–H groups in total. The monoisotopic (exact) mass is 2050 g/mol. The summed E-state index contributed by atoms with van der Waals surface area (Å²) in [6, 6.07) is 25.1. The van der Waals surface area contributed by atoms with Gasteiger partial charge < -0.3 is 19.3 Å². The van der Waals surface area contributed by atoms with Crippen LogP contribution in [0.5, 0.6) is 0 Å². The van der Waals surface area contributed by atoms with E-state index < -0.39 is 5.60 Å². The fraction of sp³-hybridized carbons (Fsp3) is 0.622. The minimum atomic E-state index is -0.878. The first-order valence-electron chi connectivity index (χ1n) is 54.6. The van der Waals surface area contributed by atoms with Crippen molar-refractivity contribution in [1.29, 1.82) is 0 Å². The molecule has 1 aliphatic heterocycles. The lowest BCUT2D eigenvalue weighted by Crippen LogP contribution is -2.37. The molecule has 10 fully saturated rings. The second kappa shape index (κ2) is 47.9. The minimum Gasteiger partial charge on any atom is -0.389 e. The highest BCUT2D eigenvalue weighted by atomic mass is 35.5. The lowest BCUT2D eigenvalue weighted by atomic mass is 9.73. The van der Waals surface area contributed by atoms with Gasteiger partial charge in [0.05, 0.1) is 67.9 Å². The van der Waals surface area contributed by atoms with Gasteiger partial charge in [0.2, 0.25) is 71.1 Å². The number of amides is 6. The third-order valence-electron chi connectivity index (χ3n) is 31.1. The highest BCUT2D eigenvalue weighted by Gasteiger charge is 2.39. The second-order valence-electron chi connectivity index (χ2n) is 44.8. The number of anilines is 6. The molecule has 13 heterocycles. The van der Waals surface area contributed by atoms with Crippen LogP contribution in [-0.2, 0) is 43.0 Å². The van der Waals surface area contributed by atoms with Crippen molar-refractivity contribution in [3.63, 3.8) is 0 Å². The first-order valence-corrected chi connectivity index (χ1v) is 55.3. The fourth-order valence-electron chi connectivity index (χ4n) is 21.3. The van der Waals surface area contributed by atoms with Gasteiger partial charge in [-0.05, 0) is 320 Å². The first kappa shape index (κ1) is 107. The molecule has 9 saturated carbocycles. The number of rotatable bonds is 28. The molecule has 36 heteroatoms. The molecule has 10 aliphatic rings. The van der Waals surface area contributed by atoms with Crippen molar-refractivity contribution >= 4 is 161 Å². The maximum absolute atomic E-state index is 12.7. The lowest BCUT2D eigenvalue weighted by Gasteiger charge is -2.35. The Labute approximate surface area is 871 Å². The molecule has 22 rings (SSSR count). The highest BCUT2D eigenvalue weighted by Crippen LogP contribution is 2.46. The number of hydrogen-bond acceptors (Lipinski definition) is 22. The van der Waals surface area contributed by atoms with Crippen LogP contribution < -0.4 is 31.9 Å². The van der Waals surface area contributed by atoms with E-state index in [0.29, 0.717) is 158 Å². The van der Waals surface area contributed by atoms with E-state index in [1.54, 1.807) is 12.1 Å². The number of pyridine rings is 6. The van der Waals surface area contributed by atoms with E-state index in [2.05, 4.69) is 145 Å². The molecule has 0 bridgehead atoms. The average Bonchev–Trinajstić information content (AvgIpc) is 1.64. The maximum atomic E-state index is 12.7. The van der Waals surface area contributed by atoms with E-state index in [1.807, 2.05) is 118 Å². The topological polar surface area (TPSA) is 407 Å². The summed E-state index contributed by atoms with van der Waals surface area (Å²) >= 11 is 12.1. The van der Waals surface area contributed by atoms with Gasteiger partial charge in [-0.2, -0.15) is 0 Å². The number of imidazole rings is 6. The van der Waals surface area contributed by atoms with Crippen LogP contribution in [0.25, 0.3) is 67.0 Å². The van der Waals surface area contributed by atoms with Gasteiger partial charge in [-0.1, -0.05) is 102 Å². The largest absolute Gasteiger partial charge is 0.389 e. The molecular weight excluding hydrogens is 1900 g/mol. The number of nitrogens with one attached hydrogen (secondary N) is 6. The van der Waals surface area contributed by atoms with Gasteiger partial charge in [0.25, 0.3) is 0 Å². The molecule has 0 spiro atoms. The van der Waals surface area contributed by atoms with Crippen molar-refractivity contribution in [2.75, 3.05) is 45.1 Å². The Kier molecular flexibility index (Phi) is 34.9. The van der Waals surface area contributed by atoms with E-state index in [9.17, 15) is 33.9 Å². The van der Waals surface area contributed by atoms with E-state index in [0.717, 1.165) is 238 Å². The van der Waals surface area contributed by atoms with Crippen LogP contribution in [-0.4, -0.2) is 170 Å². The number of hydrogen-bond donors (Lipinski definition) is 7. The lowest BCUT2D eigenvalue weighted by molar-refractivity contribution is -0.131. The summed E-state index contributed by atoms with van der Waals surface area (Å²) in [5, 5.41) is 29.4. The Balaban J connectivity index is 0.000000121. The van der Waals surface area contributed by atoms with E-state index in [4.69, 9.17) is 37.4 Å². The number of aryl methyl sites for hydroxylation is 4. The summed E-state index contributed by atoms with van der Waals surface area (Å²) in [5.41, 5.74) is 12.7. The summed E-state index contributed by atoms with van der Waals surface area (Å²) in [4.78, 5) is 130. The Morgan fingerprint density at radius 2 is 0.701 bits per heavy atom. The van der Waals surface area contributed by atoms with Crippen molar-refractivity contribution in [3.8, 4) is 0 Å². The molecule has 2 atom stereocenters. The number of fused-ring (bicyclic) bond motifs is 6. The zero-order valence-electron chi connectivity index (χ0n) is 88.2. The summed E-state index contributed by atoms with van der Waals surface area (Å²) in [6.07, 6.45) is 42.5. The summed E-state index contributed by atoms with van der Waals surface area (Å²) in [6.45, 7) is 25.4. The first-order chi connectivity index (χ1) is 70.6. The Morgan fingerprint density at radius 1 is 0.381 bits per heavy atom. The normalized spacial score (nSPS) is 19.2. The Hall–Kier alpha value is -11.0. The molecule has 0 radical (unpaired) electrons. The van der Waals surface area contributed by atoms with Gasteiger partial charge in [-0.25, -0.2) is 59.8 Å². The zero-order chi connectivity index (χ0) is 103. The number of carbonyl (C=O) groups excluding carboxylic acids is 6. The van der Waals surface area contributed by atoms with Gasteiger partial charge in [-0.15, -0.1) is 0 Å². The van der Waals surface area contributed by atoms with Crippen molar-refractivity contribution in [2.45, 2.75) is 418 Å². The molecule has 790 valence electrons. The van der Waals surface area contributed by atoms with Gasteiger partial charge in [0.15, 0.2) is 33.9 Å². The molecule has 147 heavy (non-hydrogen) atoms. The highest BCUT2D eigenvalue weighted by molar-refractivity contribution is 6.30. The number of nitrogens with zero attached hydrogens (tertiary/aromatic N) is 18. The van der Waals surface area contributed by atoms with Gasteiger partial charge in [0.1, 0.15) is 43.4 Å². The molecule has 0 aromatic carbocycles. The molecular formula is C111H152Cl2N24O10. The molecule has 1 unspecified atom stereocenters. The number of carbonyl (C=O) groups is 6. The zero-order valence-corrected chi connectivity index (χ0v) is 89.7. The summed E-state index contributed by atoms with van der Waals surface area (Å²) in [5.74, 6) is 3.82. The molecule has 1 saturated heterocycles. The predicted octanol–water partition coefficient (Wildman–Crippen LogP) is 24.3. The molecule has 34 nitrogen and oxygen atoms in total. The van der Waals surface area contributed by atoms with Crippen LogP contribution >= 0.6 is 23.2 Å². The van der Waals surface area contributed by atoms with Crippen molar-refractivity contribution in [2.24, 2.45) is 11.3 Å². The van der Waals surface area contributed by atoms with Crippen molar-refractivity contribution in [3.05, 3.63) is 106 Å². The third-order valence-corrected chi connectivity index (χ3v) is 31.5. The van der Waals surface area contributed by atoms with Crippen LogP contribution in [0.2, 0.25) is 10.3 Å². The third kappa shape index (κ3) is 27.4. The smallest absolute Gasteiger partial charge is 0.229 e. The van der Waals surface area contributed by atoms with E-state index in [-0.39, 0.29) is 64.6 Å². The molecule has 12 aromatic heterocycles. The van der Waals surface area contributed by atoms with Crippen LogP contribution in [0.4, 0.5) is 35.7 Å². The van der Waals surface area contributed by atoms with E-state index >= 15 is 0 Å². The standard InChI is InChI=1S/C20H28N4O2.C20H28N4O.2C18H23ClN4O2.C18H26N4O2.C17H24N4O/c1-13-9-10-16-18(21-13)24(14-6-4-7-14)19(22-16)23-17(25)12-15-8-5-11-20(2,3)26-15;1-14-9-10-16-18(21-14)24(15-7-6-8-15)19(22-16)23-17(25)13-20(2)11-4-3-5-12-20;19-15-9-8-14-17(21-15)23(12-4-3-5-12)18(20-14)22-16(24)10-11-25-13-6-1-2-7-13;19-14-8-7-13-16(21-14)23(12-5-4-6-12)17(20-13)22-15(24)11-18(25)9-2-1-3-10-18;1-12-8-9-14-16(19-12)22(13-6-5-7-13)17(20-14)21-15(23)10-11-24-18(2,3)4;1-4-11(2)10-15(22)20-17-19-14-9-8-12(3)18-16(14)21(17)13-6-5-7-13/h9-10,14-15H,4-8,11-12H2,1-3H3,(H,22,23,25);9-10,15H,3-8,11-13H2,1-2H3,(H,22,23,25);8-9,12-13H,1-7,10-11H2,(H,20,22,24);7-8,12,25H,1-6,9-11H2,(H,20,22,24);8-9,13H,5-7,10-11H2,1-4H3,(H,20,21,23);8-9,11,13H,4-7,10H2,1-3H3,(H,19,20,22)/t15-;;;;;/m1...../s1. The number of ether oxygens (including phenoxy) is 3. The van der Waals surface area contributed by atoms with Crippen LogP contribution in [0.1, 0.15) is 384 Å². The second-order valence-corrected chi connectivity index (χ2v) is 45.6. The van der Waals surface area contributed by atoms with Crippen LogP contribution in [0.3, 0.4) is 0 Å². The van der Waals surface area contributed by atoms with E-state index in [1.165, 1.54) is 64.2 Å². The summed E-state index contributed by atoms with van der Waals surface area (Å²) in [7, 11) is 0. The minimum absolute atomic E-state index is 0.0133. The van der Waals surface area contributed by atoms with Gasteiger partial charge in [-0.3, -0.25) is 88.1 Å². The molecule has 9 aliphatic carbocycles. The number of halogens is 2. The van der Waals surface area contributed by atoms with Crippen molar-refractivity contribution in [1.82, 2.24) is 87.2 Å². The Bertz CT molecular complexity index is 6490. The van der Waals surface area contributed by atoms with Gasteiger partial charge in [0, 0.05) is 71.9 Å². The molecule has 12 aromatic rings. The SMILES string of the molecule is CCC(C)CC(=O)Nc1nc2ccc(C)nc2n1C1CCC1.Cc1ccc2nc(NC(=O)CC3(C)CCCCC3)n(C3CCC3)c2n1.Cc1ccc2nc(NC(=O)CCOC(C)(C)C)n(C3CCC3)c2n1.Cc1ccc2nc(NC(=O)C[C@H]3CCCC(C)(C)O3)n(C3CCC3)c2n1.O=C(CC1(O)CCCCC1)Nc1nc2ccc(Cl)nc2n1C1CCC1.O=C(CCOC1CCCC1)Nc1nc2ccc(Cl)nc2n1C1CCC1. The molecule has 6 amide bonds. The number of aliphatic hydroxyl groups is 1. The van der Waals surface area contributed by atoms with Crippen molar-refractivity contribution < 1.29 is 48.1 Å². The van der Waals surface area contributed by atoms with Gasteiger partial charge >= 0.3 is 0 Å². The maximum Gasteiger partial charge on any atom is 0.229 e. The Morgan fingerprint density at radius 3 is 1.04 bits per heavy atom. The van der Waals surface area contributed by atoms with Crippen LogP contribution in [0, 0.1) is 39.0 Å². The van der Waals surface area contributed by atoms with Crippen LogP contribution in [0.15, 0.2) is 72.8 Å². The number of aromatic nitrogens is 18. The summed E-state index contributed by atoms with van der Waals surface area (Å²) < 4.78 is 30.0. The predicted molar refractivity (Wildman–Crippen MR) is 576 cm³/mol. The average molecular weight is 2050 g/mol. The fourth-order valence-corrected chi connectivity index (χ4v) is 21.6. The quantitative estimate of drug-likeness (QED) is 0.0224.